The van der Waals surface area contributed by atoms with Gasteiger partial charge in [-0.1, -0.05) is 13.3 Å². The zero-order valence-corrected chi connectivity index (χ0v) is 11.2. The largest absolute Gasteiger partial charge is 0.480 e. The van der Waals surface area contributed by atoms with Crippen LogP contribution < -0.4 is 5.32 Å². The van der Waals surface area contributed by atoms with Crippen molar-refractivity contribution in [3.8, 4) is 0 Å². The highest BCUT2D eigenvalue weighted by atomic mass is 16.4. The fraction of sp³-hybridized carbons (Fsp3) is 0.923. The van der Waals surface area contributed by atoms with E-state index in [9.17, 15) is 9.90 Å². The standard InChI is InChI=1S/C13H26N2O2/c1-3-13(14-2,12(16)17)8-7-11-15-9-5-4-6-10-15/h14H,3-11H2,1-2H3,(H,16,17). The molecule has 0 amide bonds. The van der Waals surface area contributed by atoms with Gasteiger partial charge in [-0.2, -0.15) is 0 Å². The lowest BCUT2D eigenvalue weighted by Crippen LogP contribution is -2.50. The highest BCUT2D eigenvalue weighted by molar-refractivity contribution is 5.78. The Morgan fingerprint density at radius 2 is 2.00 bits per heavy atom. The van der Waals surface area contributed by atoms with Gasteiger partial charge in [-0.05, 0) is 58.8 Å². The summed E-state index contributed by atoms with van der Waals surface area (Å²) in [5, 5.41) is 12.3. The predicted molar refractivity (Wildman–Crippen MR) is 69.2 cm³/mol. The number of carboxylic acids is 1. The number of likely N-dealkylation sites (N-methyl/N-ethyl adjacent to an activating group) is 1. The van der Waals surface area contributed by atoms with E-state index in [2.05, 4.69) is 10.2 Å². The lowest BCUT2D eigenvalue weighted by atomic mass is 9.90. The van der Waals surface area contributed by atoms with Crippen LogP contribution in [-0.4, -0.2) is 48.2 Å². The zero-order chi connectivity index (χ0) is 12.7. The Morgan fingerprint density at radius 1 is 1.35 bits per heavy atom. The molecular weight excluding hydrogens is 216 g/mol. The summed E-state index contributed by atoms with van der Waals surface area (Å²) in [7, 11) is 1.75. The Kier molecular flexibility index (Phi) is 5.92. The smallest absolute Gasteiger partial charge is 0.323 e. The number of likely N-dealkylation sites (tertiary alicyclic amines) is 1. The van der Waals surface area contributed by atoms with Crippen LogP contribution in [0.1, 0.15) is 45.4 Å². The Labute approximate surface area is 104 Å². The highest BCUT2D eigenvalue weighted by Crippen LogP contribution is 2.18. The number of hydrogen-bond donors (Lipinski definition) is 2. The number of rotatable bonds is 7. The van der Waals surface area contributed by atoms with E-state index in [0.29, 0.717) is 12.8 Å². The van der Waals surface area contributed by atoms with Gasteiger partial charge in [-0.25, -0.2) is 0 Å². The van der Waals surface area contributed by atoms with Gasteiger partial charge in [-0.15, -0.1) is 0 Å². The molecule has 1 heterocycles. The molecule has 100 valence electrons. The fourth-order valence-corrected chi connectivity index (χ4v) is 2.63. The maximum atomic E-state index is 11.3. The average molecular weight is 242 g/mol. The van der Waals surface area contributed by atoms with Gasteiger partial charge in [0.1, 0.15) is 5.54 Å². The topological polar surface area (TPSA) is 52.6 Å². The van der Waals surface area contributed by atoms with Crippen LogP contribution >= 0.6 is 0 Å². The minimum Gasteiger partial charge on any atom is -0.480 e. The van der Waals surface area contributed by atoms with Crippen molar-refractivity contribution in [2.75, 3.05) is 26.7 Å². The molecule has 17 heavy (non-hydrogen) atoms. The Morgan fingerprint density at radius 3 is 2.47 bits per heavy atom. The molecule has 0 aromatic rings. The highest BCUT2D eigenvalue weighted by Gasteiger charge is 2.34. The van der Waals surface area contributed by atoms with Crippen molar-refractivity contribution in [1.29, 1.82) is 0 Å². The van der Waals surface area contributed by atoms with Gasteiger partial charge in [0.25, 0.3) is 0 Å². The van der Waals surface area contributed by atoms with Crippen molar-refractivity contribution in [2.45, 2.75) is 51.0 Å². The van der Waals surface area contributed by atoms with Crippen molar-refractivity contribution in [1.82, 2.24) is 10.2 Å². The number of hydrogen-bond acceptors (Lipinski definition) is 3. The van der Waals surface area contributed by atoms with Gasteiger partial charge in [0, 0.05) is 0 Å². The summed E-state index contributed by atoms with van der Waals surface area (Å²) in [6.07, 6.45) is 6.25. The lowest BCUT2D eigenvalue weighted by molar-refractivity contribution is -0.145. The van der Waals surface area contributed by atoms with Crippen LogP contribution in [0.3, 0.4) is 0 Å². The molecule has 0 aliphatic carbocycles. The number of aliphatic carboxylic acids is 1. The van der Waals surface area contributed by atoms with Gasteiger partial charge >= 0.3 is 5.97 Å². The van der Waals surface area contributed by atoms with E-state index in [1.807, 2.05) is 6.92 Å². The molecule has 1 aliphatic rings. The van der Waals surface area contributed by atoms with E-state index >= 15 is 0 Å². The number of nitrogens with zero attached hydrogens (tertiary/aromatic N) is 1. The Balaban J connectivity index is 2.33. The van der Waals surface area contributed by atoms with Crippen LogP contribution in [0.15, 0.2) is 0 Å². The fourth-order valence-electron chi connectivity index (χ4n) is 2.63. The molecule has 0 aromatic carbocycles. The second-order valence-corrected chi connectivity index (χ2v) is 5.00. The third kappa shape index (κ3) is 3.96. The Bertz CT molecular complexity index is 234. The van der Waals surface area contributed by atoms with E-state index in [0.717, 1.165) is 13.0 Å². The molecule has 1 atom stereocenters. The van der Waals surface area contributed by atoms with Crippen LogP contribution in [0.2, 0.25) is 0 Å². The second kappa shape index (κ2) is 6.97. The molecule has 0 radical (unpaired) electrons. The molecule has 1 fully saturated rings. The third-order valence-electron chi connectivity index (χ3n) is 4.02. The molecule has 0 saturated carbocycles. The van der Waals surface area contributed by atoms with Gasteiger partial charge < -0.3 is 15.3 Å². The molecule has 4 heteroatoms. The molecule has 1 aliphatic heterocycles. The minimum absolute atomic E-state index is 0.638. The summed E-state index contributed by atoms with van der Waals surface area (Å²) in [6, 6.07) is 0. The molecule has 2 N–H and O–H groups in total. The van der Waals surface area contributed by atoms with E-state index in [1.54, 1.807) is 7.05 Å². The summed E-state index contributed by atoms with van der Waals surface area (Å²) >= 11 is 0. The van der Waals surface area contributed by atoms with Gasteiger partial charge in [0.15, 0.2) is 0 Å². The van der Waals surface area contributed by atoms with Gasteiger partial charge in [0.05, 0.1) is 0 Å². The van der Waals surface area contributed by atoms with Crippen LogP contribution in [0.25, 0.3) is 0 Å². The molecule has 4 nitrogen and oxygen atoms in total. The van der Waals surface area contributed by atoms with E-state index in [4.69, 9.17) is 0 Å². The summed E-state index contributed by atoms with van der Waals surface area (Å²) in [5.74, 6) is -0.721. The van der Waals surface area contributed by atoms with Crippen molar-refractivity contribution in [3.63, 3.8) is 0 Å². The van der Waals surface area contributed by atoms with Gasteiger partial charge in [0.2, 0.25) is 0 Å². The van der Waals surface area contributed by atoms with E-state index < -0.39 is 11.5 Å². The number of carboxylic acid groups (broad SMARTS) is 1. The van der Waals surface area contributed by atoms with Crippen molar-refractivity contribution in [2.24, 2.45) is 0 Å². The van der Waals surface area contributed by atoms with Crippen molar-refractivity contribution in [3.05, 3.63) is 0 Å². The quantitative estimate of drug-likeness (QED) is 0.713. The Hall–Kier alpha value is -0.610. The number of piperidine rings is 1. The molecule has 0 bridgehead atoms. The third-order valence-corrected chi connectivity index (χ3v) is 4.02. The van der Waals surface area contributed by atoms with Crippen molar-refractivity contribution >= 4 is 5.97 Å². The molecule has 0 aromatic heterocycles. The maximum absolute atomic E-state index is 11.3. The van der Waals surface area contributed by atoms with E-state index in [-0.39, 0.29) is 0 Å². The van der Waals surface area contributed by atoms with Crippen LogP contribution in [0.5, 0.6) is 0 Å². The predicted octanol–water partition coefficient (Wildman–Crippen LogP) is 1.71. The maximum Gasteiger partial charge on any atom is 0.323 e. The molecule has 1 unspecified atom stereocenters. The van der Waals surface area contributed by atoms with Crippen molar-refractivity contribution < 1.29 is 9.90 Å². The monoisotopic (exact) mass is 242 g/mol. The lowest BCUT2D eigenvalue weighted by Gasteiger charge is -2.30. The first-order valence-electron chi connectivity index (χ1n) is 6.79. The molecule has 1 rings (SSSR count). The normalized spacial score (nSPS) is 21.1. The summed E-state index contributed by atoms with van der Waals surface area (Å²) in [5.41, 5.74) is -0.726. The van der Waals surface area contributed by atoms with Crippen LogP contribution in [0, 0.1) is 0 Å². The average Bonchev–Trinajstić information content (AvgIpc) is 2.36. The summed E-state index contributed by atoms with van der Waals surface area (Å²) in [6.45, 7) is 5.35. The molecule has 1 saturated heterocycles. The molecule has 0 spiro atoms. The first-order chi connectivity index (χ1) is 8.14. The number of nitrogens with one attached hydrogen (secondary N) is 1. The minimum atomic E-state index is -0.726. The first-order valence-corrected chi connectivity index (χ1v) is 6.79. The number of carbonyl (C=O) groups is 1. The zero-order valence-electron chi connectivity index (χ0n) is 11.2. The molecular formula is C13H26N2O2. The second-order valence-electron chi connectivity index (χ2n) is 5.00. The van der Waals surface area contributed by atoms with Crippen LogP contribution in [0.4, 0.5) is 0 Å². The van der Waals surface area contributed by atoms with E-state index in [1.165, 1.54) is 32.4 Å². The van der Waals surface area contributed by atoms with Crippen LogP contribution in [-0.2, 0) is 4.79 Å². The first kappa shape index (κ1) is 14.5. The summed E-state index contributed by atoms with van der Waals surface area (Å²) < 4.78 is 0. The summed E-state index contributed by atoms with van der Waals surface area (Å²) in [4.78, 5) is 13.7. The SMILES string of the molecule is CCC(CCCN1CCCCC1)(NC)C(=O)O. The van der Waals surface area contributed by atoms with Gasteiger partial charge in [-0.3, -0.25) is 4.79 Å².